The predicted molar refractivity (Wildman–Crippen MR) is 86.9 cm³/mol. The normalized spacial score (nSPS) is 14.4. The standard InChI is InChI=1S/C16H30N2O5/c1-9-10(2)11(17-14(21)23-15(3,4)5)12(19)18-16(6,7)13(20)22-8/h10-11H,9H2,1-8H3,(H,17,21)(H,18,19). The second kappa shape index (κ2) is 8.17. The van der Waals surface area contributed by atoms with Crippen LogP contribution in [-0.2, 0) is 19.1 Å². The van der Waals surface area contributed by atoms with E-state index in [0.29, 0.717) is 6.42 Å². The van der Waals surface area contributed by atoms with Gasteiger partial charge in [-0.1, -0.05) is 20.3 Å². The van der Waals surface area contributed by atoms with E-state index in [1.807, 2.05) is 13.8 Å². The first-order chi connectivity index (χ1) is 10.3. The summed E-state index contributed by atoms with van der Waals surface area (Å²) in [7, 11) is 1.25. The van der Waals surface area contributed by atoms with Crippen LogP contribution in [0, 0.1) is 5.92 Å². The van der Waals surface area contributed by atoms with Crippen molar-refractivity contribution in [2.75, 3.05) is 7.11 Å². The van der Waals surface area contributed by atoms with Crippen LogP contribution in [0.3, 0.4) is 0 Å². The quantitative estimate of drug-likeness (QED) is 0.727. The molecule has 2 unspecified atom stereocenters. The molecule has 0 saturated carbocycles. The highest BCUT2D eigenvalue weighted by atomic mass is 16.6. The highest BCUT2D eigenvalue weighted by Gasteiger charge is 2.35. The highest BCUT2D eigenvalue weighted by Crippen LogP contribution is 2.13. The number of amides is 2. The van der Waals surface area contributed by atoms with E-state index < -0.39 is 35.2 Å². The van der Waals surface area contributed by atoms with Gasteiger partial charge in [0, 0.05) is 0 Å². The second-order valence-corrected chi connectivity index (χ2v) is 7.12. The largest absolute Gasteiger partial charge is 0.467 e. The third-order valence-electron chi connectivity index (χ3n) is 3.30. The first-order valence-corrected chi connectivity index (χ1v) is 7.74. The van der Waals surface area contributed by atoms with Crippen LogP contribution in [0.2, 0.25) is 0 Å². The van der Waals surface area contributed by atoms with Crippen molar-refractivity contribution >= 4 is 18.0 Å². The highest BCUT2D eigenvalue weighted by molar-refractivity contribution is 5.91. The molecule has 134 valence electrons. The molecule has 0 aromatic carbocycles. The number of ether oxygens (including phenoxy) is 2. The van der Waals surface area contributed by atoms with Crippen LogP contribution in [0.15, 0.2) is 0 Å². The molecule has 0 heterocycles. The van der Waals surface area contributed by atoms with Crippen LogP contribution >= 0.6 is 0 Å². The maximum atomic E-state index is 12.5. The van der Waals surface area contributed by atoms with E-state index in [2.05, 4.69) is 15.4 Å². The summed E-state index contributed by atoms with van der Waals surface area (Å²) in [5, 5.41) is 5.18. The van der Waals surface area contributed by atoms with Crippen molar-refractivity contribution in [3.8, 4) is 0 Å². The lowest BCUT2D eigenvalue weighted by atomic mass is 9.96. The number of nitrogens with one attached hydrogen (secondary N) is 2. The molecule has 0 aromatic rings. The Labute approximate surface area is 138 Å². The van der Waals surface area contributed by atoms with E-state index in [-0.39, 0.29) is 5.92 Å². The van der Waals surface area contributed by atoms with E-state index in [9.17, 15) is 14.4 Å². The number of carbonyl (C=O) groups is 3. The summed E-state index contributed by atoms with van der Waals surface area (Å²) >= 11 is 0. The number of rotatable bonds is 6. The molecule has 0 bridgehead atoms. The molecular formula is C16H30N2O5. The molecule has 2 amide bonds. The molecule has 7 nitrogen and oxygen atoms in total. The van der Waals surface area contributed by atoms with Crippen molar-refractivity contribution in [2.24, 2.45) is 5.92 Å². The van der Waals surface area contributed by atoms with Gasteiger partial charge in [0.1, 0.15) is 17.2 Å². The van der Waals surface area contributed by atoms with Crippen molar-refractivity contribution in [1.29, 1.82) is 0 Å². The first-order valence-electron chi connectivity index (χ1n) is 7.74. The molecule has 0 aliphatic heterocycles. The molecule has 0 spiro atoms. The number of methoxy groups -OCH3 is 1. The van der Waals surface area contributed by atoms with Gasteiger partial charge in [-0.25, -0.2) is 9.59 Å². The van der Waals surface area contributed by atoms with Crippen molar-refractivity contribution in [3.63, 3.8) is 0 Å². The Balaban J connectivity index is 5.08. The molecule has 0 aromatic heterocycles. The summed E-state index contributed by atoms with van der Waals surface area (Å²) in [5.74, 6) is -1.15. The molecule has 0 radical (unpaired) electrons. The molecule has 2 N–H and O–H groups in total. The Hall–Kier alpha value is -1.79. The summed E-state index contributed by atoms with van der Waals surface area (Å²) < 4.78 is 9.85. The maximum absolute atomic E-state index is 12.5. The summed E-state index contributed by atoms with van der Waals surface area (Å²) in [4.78, 5) is 36.1. The van der Waals surface area contributed by atoms with Crippen molar-refractivity contribution in [2.45, 2.75) is 72.1 Å². The number of carbonyl (C=O) groups excluding carboxylic acids is 3. The van der Waals surface area contributed by atoms with E-state index in [1.54, 1.807) is 20.8 Å². The molecule has 0 fully saturated rings. The Morgan fingerprint density at radius 1 is 1.09 bits per heavy atom. The molecule has 0 saturated heterocycles. The van der Waals surface area contributed by atoms with Gasteiger partial charge in [0.05, 0.1) is 7.11 Å². The summed E-state index contributed by atoms with van der Waals surface area (Å²) in [6.07, 6.45) is 0.000767. The molecule has 23 heavy (non-hydrogen) atoms. The van der Waals surface area contributed by atoms with E-state index in [0.717, 1.165) is 0 Å². The smallest absolute Gasteiger partial charge is 0.408 e. The van der Waals surface area contributed by atoms with Gasteiger partial charge in [-0.05, 0) is 40.5 Å². The summed E-state index contributed by atoms with van der Waals surface area (Å²) in [6, 6.07) is -0.807. The van der Waals surface area contributed by atoms with E-state index in [1.165, 1.54) is 21.0 Å². The molecule has 7 heteroatoms. The van der Waals surface area contributed by atoms with Gasteiger partial charge in [0.25, 0.3) is 0 Å². The first kappa shape index (κ1) is 21.2. The average molecular weight is 330 g/mol. The van der Waals surface area contributed by atoms with Crippen LogP contribution in [0.4, 0.5) is 4.79 Å². The van der Waals surface area contributed by atoms with Gasteiger partial charge in [-0.3, -0.25) is 4.79 Å². The van der Waals surface area contributed by atoms with Gasteiger partial charge in [0.15, 0.2) is 0 Å². The number of alkyl carbamates (subject to hydrolysis) is 1. The Bertz CT molecular complexity index is 440. The minimum Gasteiger partial charge on any atom is -0.467 e. The van der Waals surface area contributed by atoms with E-state index in [4.69, 9.17) is 4.74 Å². The van der Waals surface area contributed by atoms with Crippen LogP contribution < -0.4 is 10.6 Å². The fraction of sp³-hybridized carbons (Fsp3) is 0.812. The average Bonchev–Trinajstić information content (AvgIpc) is 2.40. The van der Waals surface area contributed by atoms with Gasteiger partial charge < -0.3 is 20.1 Å². The fourth-order valence-corrected chi connectivity index (χ4v) is 1.83. The van der Waals surface area contributed by atoms with E-state index >= 15 is 0 Å². The SMILES string of the molecule is CCC(C)C(NC(=O)OC(C)(C)C)C(=O)NC(C)(C)C(=O)OC. The second-order valence-electron chi connectivity index (χ2n) is 7.12. The van der Waals surface area contributed by atoms with Crippen molar-refractivity contribution in [3.05, 3.63) is 0 Å². The summed E-state index contributed by atoms with van der Waals surface area (Å²) in [6.45, 7) is 12.1. The fourth-order valence-electron chi connectivity index (χ4n) is 1.83. The zero-order chi connectivity index (χ0) is 18.4. The lowest BCUT2D eigenvalue weighted by Crippen LogP contribution is -2.58. The Morgan fingerprint density at radius 2 is 1.61 bits per heavy atom. The van der Waals surface area contributed by atoms with Gasteiger partial charge >= 0.3 is 12.1 Å². The van der Waals surface area contributed by atoms with Crippen LogP contribution in [0.5, 0.6) is 0 Å². The number of hydrogen-bond acceptors (Lipinski definition) is 5. The lowest BCUT2D eigenvalue weighted by molar-refractivity contribution is -0.149. The molecule has 2 atom stereocenters. The minimum absolute atomic E-state index is 0.129. The zero-order valence-electron chi connectivity index (χ0n) is 15.4. The predicted octanol–water partition coefficient (Wildman–Crippen LogP) is 1.99. The third kappa shape index (κ3) is 7.34. The maximum Gasteiger partial charge on any atom is 0.408 e. The molecular weight excluding hydrogens is 300 g/mol. The Morgan fingerprint density at radius 3 is 2.00 bits per heavy atom. The molecule has 0 rings (SSSR count). The number of esters is 1. The zero-order valence-corrected chi connectivity index (χ0v) is 15.4. The van der Waals surface area contributed by atoms with Crippen molar-refractivity contribution < 1.29 is 23.9 Å². The van der Waals surface area contributed by atoms with Gasteiger partial charge in [-0.2, -0.15) is 0 Å². The van der Waals surface area contributed by atoms with Gasteiger partial charge in [0.2, 0.25) is 5.91 Å². The molecule has 0 aliphatic rings. The lowest BCUT2D eigenvalue weighted by Gasteiger charge is -2.30. The third-order valence-corrected chi connectivity index (χ3v) is 3.30. The Kier molecular flexibility index (Phi) is 7.54. The topological polar surface area (TPSA) is 93.7 Å². The van der Waals surface area contributed by atoms with Crippen LogP contribution in [0.1, 0.15) is 54.9 Å². The minimum atomic E-state index is -1.19. The monoisotopic (exact) mass is 330 g/mol. The molecule has 0 aliphatic carbocycles. The number of hydrogen-bond donors (Lipinski definition) is 2. The summed E-state index contributed by atoms with van der Waals surface area (Å²) in [5.41, 5.74) is -1.85. The van der Waals surface area contributed by atoms with Crippen LogP contribution in [0.25, 0.3) is 0 Å². The van der Waals surface area contributed by atoms with Crippen LogP contribution in [-0.4, -0.2) is 42.3 Å². The van der Waals surface area contributed by atoms with Gasteiger partial charge in [-0.15, -0.1) is 0 Å². The van der Waals surface area contributed by atoms with Crippen molar-refractivity contribution in [1.82, 2.24) is 10.6 Å².